The topological polar surface area (TPSA) is 608 Å². The second kappa shape index (κ2) is 41.3. The number of aromatic hydroxyl groups is 3. The average molecular weight is 1660 g/mol. The van der Waals surface area contributed by atoms with Crippen LogP contribution in [0.15, 0.2) is 128 Å². The number of carboxylic acid groups (broad SMARTS) is 2. The van der Waals surface area contributed by atoms with Crippen LogP contribution in [0.5, 0.6) is 17.2 Å². The van der Waals surface area contributed by atoms with Gasteiger partial charge in [0.05, 0.1) is 30.8 Å². The van der Waals surface area contributed by atoms with Crippen molar-refractivity contribution < 1.29 is 97.7 Å². The number of imidazole rings is 1. The molecule has 4 heterocycles. The highest BCUT2D eigenvalue weighted by atomic mass is 16.5. The molecule has 0 bridgehead atoms. The lowest BCUT2D eigenvalue weighted by Gasteiger charge is -2.31. The van der Waals surface area contributed by atoms with E-state index in [0.29, 0.717) is 66.8 Å². The highest BCUT2D eigenvalue weighted by molar-refractivity contribution is 6.04. The third kappa shape index (κ3) is 24.6. The third-order valence-corrected chi connectivity index (χ3v) is 19.9. The van der Waals surface area contributed by atoms with Crippen molar-refractivity contribution in [2.24, 2.45) is 17.4 Å². The second-order valence-electron chi connectivity index (χ2n) is 30.4. The molecule has 10 rings (SSSR count). The monoisotopic (exact) mass is 1660 g/mol. The third-order valence-electron chi connectivity index (χ3n) is 19.9. The molecule has 120 heavy (non-hydrogen) atoms. The summed E-state index contributed by atoms with van der Waals surface area (Å²) in [5.41, 5.74) is 16.0. The largest absolute Gasteiger partial charge is 0.508 e. The Balaban J connectivity index is 0.000000469. The number of hydrogen-bond donors (Lipinski definition) is 22. The van der Waals surface area contributed by atoms with Crippen molar-refractivity contribution in [3.63, 3.8) is 0 Å². The van der Waals surface area contributed by atoms with Crippen molar-refractivity contribution >= 4 is 115 Å². The number of phenolic OH excluding ortho intramolecular Hbond substituents is 1. The number of hydrazine groups is 1. The molecule has 2 aliphatic rings. The predicted molar refractivity (Wildman–Crippen MR) is 436 cm³/mol. The fourth-order valence-electron chi connectivity index (χ4n) is 13.9. The first-order chi connectivity index (χ1) is 57.1. The maximum atomic E-state index is 14.8. The Morgan fingerprint density at radius 2 is 1.16 bits per heavy atom. The summed E-state index contributed by atoms with van der Waals surface area (Å²) < 4.78 is 6.02. The van der Waals surface area contributed by atoms with E-state index < -0.39 is 156 Å². The molecule has 2 aliphatic heterocycles. The van der Waals surface area contributed by atoms with E-state index in [-0.39, 0.29) is 112 Å². The molecule has 6 aromatic carbocycles. The number of carbonyl (C=O) groups is 13. The van der Waals surface area contributed by atoms with Crippen LogP contribution in [0, 0.1) is 11.3 Å². The molecule has 0 saturated carbocycles. The Kier molecular flexibility index (Phi) is 31.0. The zero-order valence-electron chi connectivity index (χ0n) is 66.5. The fraction of sp³-hybridized carbons (Fsp3) is 0.378. The van der Waals surface area contributed by atoms with Gasteiger partial charge in [-0.2, -0.15) is 0 Å². The molecule has 9 atom stereocenters. The number of guanidine groups is 1. The average Bonchev–Trinajstić information content (AvgIpc) is 1.03. The van der Waals surface area contributed by atoms with Gasteiger partial charge in [-0.1, -0.05) is 92.7 Å². The molecule has 38 heteroatoms. The smallest absolute Gasteiger partial charge is 0.339 e. The summed E-state index contributed by atoms with van der Waals surface area (Å²) in [5, 5.41) is 95.7. The van der Waals surface area contributed by atoms with Crippen LogP contribution in [-0.2, 0) is 78.4 Å². The predicted octanol–water partition coefficient (Wildman–Crippen LogP) is 1.50. The number of ether oxygens (including phenoxy) is 1. The summed E-state index contributed by atoms with van der Waals surface area (Å²) in [7, 11) is 0. The molecular formula is C82H100N18O20. The molecule has 0 aliphatic carbocycles. The first kappa shape index (κ1) is 90.0. The minimum Gasteiger partial charge on any atom is -0.508 e. The fourth-order valence-corrected chi connectivity index (χ4v) is 13.9. The standard InChI is InChI=1S/C59H84N18O14.C23H16O6/c1-31(2)22-40(49(82)68-39(12-8-20-64-57(60)61)56(89)77-21-9-13-46(77)55(88)75-76-58(62)90)69-54(87)45(29-91-59(3,4)5)74-50(83)41(23-32-14-16-35(79)17-15-32)70-53(86)44(28-78)73-51(84)42(24-33-26-65-37-11-7-6-10-36(33)37)71-52(85)43(25-34-27-63-30-66-34)72-48(81)38-18-19-47(80)67-38;24-20-16(14-7-3-1-5-12(14)9-18(20)22(26)27)11-17-15-8-4-2-6-13(15)10-19(21(17)25)23(28)29/h6-7,10-11,14-17,26-27,30-31,38-46,65,78-79H,8-9,12-13,18-25,28-29H2,1-5H3,(H,63,66)(H,67,80)(H,68,82)(H,69,87)(H,70,86)(H,71,85)(H,72,81)(H,73,84)(H,74,83)(H,75,88)(H4,60,61,64)(H3,62,76,90);1-10,24-25H,11H2,(H,26,27)(H,28,29)/t38-,39-,40-,41-,42-,43-,44-,45+,46-;/m0./s1. The molecule has 0 radical (unpaired) electrons. The van der Waals surface area contributed by atoms with Gasteiger partial charge >= 0.3 is 18.0 Å². The summed E-state index contributed by atoms with van der Waals surface area (Å²) in [6.07, 6.45) is 4.91. The zero-order chi connectivity index (χ0) is 87.2. The maximum absolute atomic E-state index is 14.8. The lowest BCUT2D eigenvalue weighted by molar-refractivity contribution is -0.142. The number of aliphatic hydroxyl groups is 1. The maximum Gasteiger partial charge on any atom is 0.339 e. The molecule has 2 aromatic heterocycles. The van der Waals surface area contributed by atoms with Crippen LogP contribution in [0.2, 0.25) is 0 Å². The normalized spacial score (nSPS) is 15.5. The number of rotatable bonds is 35. The number of aromatic nitrogens is 3. The van der Waals surface area contributed by atoms with Gasteiger partial charge in [-0.15, -0.1) is 0 Å². The van der Waals surface area contributed by atoms with Crippen molar-refractivity contribution in [2.45, 2.75) is 165 Å². The lowest BCUT2D eigenvalue weighted by atomic mass is 9.90. The summed E-state index contributed by atoms with van der Waals surface area (Å²) in [6, 6.07) is 16.0. The van der Waals surface area contributed by atoms with E-state index in [1.165, 1.54) is 53.8 Å². The molecule has 2 saturated heterocycles. The number of carbonyl (C=O) groups excluding carboxylic acids is 11. The van der Waals surface area contributed by atoms with Crippen LogP contribution >= 0.6 is 0 Å². The summed E-state index contributed by atoms with van der Waals surface area (Å²) >= 11 is 0. The number of carboxylic acids is 2. The molecule has 12 amide bonds. The van der Waals surface area contributed by atoms with Gasteiger partial charge in [0.15, 0.2) is 5.96 Å². The number of nitrogens with one attached hydrogen (secondary N) is 14. The molecule has 2 fully saturated rings. The van der Waals surface area contributed by atoms with Crippen molar-refractivity contribution in [1.82, 2.24) is 78.6 Å². The number of amides is 12. The number of fused-ring (bicyclic) bond motifs is 3. The number of aromatic amines is 2. The van der Waals surface area contributed by atoms with Crippen molar-refractivity contribution in [1.29, 1.82) is 5.41 Å². The number of likely N-dealkylation sites (tertiary alicyclic amines) is 1. The number of para-hydroxylation sites is 1. The Morgan fingerprint density at radius 3 is 1.71 bits per heavy atom. The van der Waals surface area contributed by atoms with Crippen LogP contribution in [0.4, 0.5) is 4.79 Å². The molecule has 8 aromatic rings. The van der Waals surface area contributed by atoms with Crippen LogP contribution in [-0.4, -0.2) is 220 Å². The summed E-state index contributed by atoms with van der Waals surface area (Å²) in [6.45, 7) is 7.33. The zero-order valence-corrected chi connectivity index (χ0v) is 66.5. The van der Waals surface area contributed by atoms with E-state index in [0.717, 1.165) is 0 Å². The van der Waals surface area contributed by atoms with Crippen LogP contribution in [0.1, 0.15) is 128 Å². The SMILES string of the molecule is CC(C)C[C@H](NC(=O)[C@@H](COC(C)(C)C)NC(=O)[C@H](Cc1ccc(O)cc1)NC(=O)[C@H](CO)NC(=O)[C@H](Cc1c[nH]c2ccccc12)NC(=O)[C@H](Cc1c[nH]cn1)NC(=O)[C@@H]1CCC(=O)N1)C(=O)N[C@@H](CCCNC(=N)N)C(=O)N1CCC[C@H]1C(=O)NNC(N)=O.O=C(O)c1cc2ccccc2c(Cc2c(O)c(C(=O)O)cc3ccccc23)c1O. The highest BCUT2D eigenvalue weighted by Gasteiger charge is 2.41. The number of nitrogens with two attached hydrogens (primary N) is 2. The van der Waals surface area contributed by atoms with E-state index in [9.17, 15) is 93.0 Å². The molecule has 0 spiro atoms. The number of phenols is 3. The Morgan fingerprint density at radius 1 is 0.625 bits per heavy atom. The minimum atomic E-state index is -1.80. The van der Waals surface area contributed by atoms with Gasteiger partial charge < -0.3 is 110 Å². The van der Waals surface area contributed by atoms with Crippen molar-refractivity contribution in [3.05, 3.63) is 167 Å². The van der Waals surface area contributed by atoms with Crippen molar-refractivity contribution in [3.8, 4) is 17.2 Å². The number of primary amides is 1. The Hall–Kier alpha value is -13.9. The Labute approximate surface area is 687 Å². The first-order valence-corrected chi connectivity index (χ1v) is 38.7. The van der Waals surface area contributed by atoms with Gasteiger partial charge in [-0.25, -0.2) is 24.8 Å². The van der Waals surface area contributed by atoms with Crippen LogP contribution < -0.4 is 70.2 Å². The van der Waals surface area contributed by atoms with E-state index in [2.05, 4.69) is 68.2 Å². The Bertz CT molecular complexity index is 5010. The number of H-pyrrole nitrogens is 2. The first-order valence-electron chi connectivity index (χ1n) is 38.7. The van der Waals surface area contributed by atoms with Crippen LogP contribution in [0.25, 0.3) is 32.4 Å². The number of hydrogen-bond acceptors (Lipinski definition) is 20. The lowest BCUT2D eigenvalue weighted by Crippen LogP contribution is -2.62. The van der Waals surface area contributed by atoms with Crippen molar-refractivity contribution in [2.75, 3.05) is 26.3 Å². The number of aromatic carboxylic acids is 2. The van der Waals surface area contributed by atoms with E-state index in [1.54, 1.807) is 114 Å². The van der Waals surface area contributed by atoms with Gasteiger partial charge in [0, 0.05) is 79.6 Å². The molecule has 638 valence electrons. The van der Waals surface area contributed by atoms with Gasteiger partial charge in [0.25, 0.3) is 5.91 Å². The van der Waals surface area contributed by atoms with Crippen LogP contribution in [0.3, 0.4) is 0 Å². The number of urea groups is 1. The molecule has 24 N–H and O–H groups in total. The molecule has 38 nitrogen and oxygen atoms in total. The van der Waals surface area contributed by atoms with Gasteiger partial charge in [0.2, 0.25) is 53.2 Å². The number of nitrogens with zero attached hydrogens (tertiary/aromatic N) is 2. The van der Waals surface area contributed by atoms with Gasteiger partial charge in [-0.3, -0.25) is 58.8 Å². The summed E-state index contributed by atoms with van der Waals surface area (Å²) in [5.74, 6) is -12.1. The summed E-state index contributed by atoms with van der Waals surface area (Å²) in [4.78, 5) is 186. The quantitative estimate of drug-likeness (QED) is 0.0116. The van der Waals surface area contributed by atoms with E-state index >= 15 is 0 Å². The van der Waals surface area contributed by atoms with Gasteiger partial charge in [0.1, 0.15) is 82.8 Å². The highest BCUT2D eigenvalue weighted by Crippen LogP contribution is 2.39. The minimum absolute atomic E-state index is 0.00232. The molecule has 0 unspecified atom stereocenters. The molecular weight excluding hydrogens is 1560 g/mol. The van der Waals surface area contributed by atoms with Gasteiger partial charge in [-0.05, 0) is 128 Å². The number of benzene rings is 6. The van der Waals surface area contributed by atoms with E-state index in [4.69, 9.17) is 21.6 Å². The van der Waals surface area contributed by atoms with E-state index in [1.807, 2.05) is 5.43 Å². The second-order valence-corrected chi connectivity index (χ2v) is 30.4. The number of aliphatic hydroxyl groups excluding tert-OH is 1.